The SMILES string of the molecule is O=C(NC1CCCCC1)c1ccnc(Nc2ccc(Cl)c(C(F)(F)F)c2)n1. The van der Waals surface area contributed by atoms with Crippen LogP contribution in [0.1, 0.15) is 48.2 Å². The number of amides is 1. The van der Waals surface area contributed by atoms with Gasteiger partial charge in [-0.05, 0) is 37.1 Å². The number of hydrogen-bond acceptors (Lipinski definition) is 4. The van der Waals surface area contributed by atoms with Crippen LogP contribution in [0.5, 0.6) is 0 Å². The first kappa shape index (κ1) is 19.4. The predicted molar refractivity (Wildman–Crippen MR) is 96.1 cm³/mol. The van der Waals surface area contributed by atoms with E-state index in [1.807, 2.05) is 0 Å². The van der Waals surface area contributed by atoms with Crippen LogP contribution in [0.15, 0.2) is 30.5 Å². The number of aromatic nitrogens is 2. The summed E-state index contributed by atoms with van der Waals surface area (Å²) in [5.74, 6) is -0.291. The lowest BCUT2D eigenvalue weighted by Gasteiger charge is -2.22. The van der Waals surface area contributed by atoms with Gasteiger partial charge in [-0.3, -0.25) is 4.79 Å². The van der Waals surface area contributed by atoms with Gasteiger partial charge in [0.25, 0.3) is 5.91 Å². The standard InChI is InChI=1S/C18H18ClF3N4O/c19-14-7-6-12(10-13(14)18(20,21)22)25-17-23-9-8-15(26-17)16(27)24-11-4-2-1-3-5-11/h6-11H,1-5H2,(H,24,27)(H,23,25,26). The van der Waals surface area contributed by atoms with Gasteiger partial charge in [0.15, 0.2) is 0 Å². The first-order chi connectivity index (χ1) is 12.8. The van der Waals surface area contributed by atoms with E-state index in [4.69, 9.17) is 11.6 Å². The Hall–Kier alpha value is -2.35. The maximum Gasteiger partial charge on any atom is 0.417 e. The highest BCUT2D eigenvalue weighted by Crippen LogP contribution is 2.36. The molecule has 9 heteroatoms. The van der Waals surface area contributed by atoms with Gasteiger partial charge in [-0.15, -0.1) is 0 Å². The van der Waals surface area contributed by atoms with Crippen LogP contribution in [0.4, 0.5) is 24.8 Å². The molecule has 0 unspecified atom stereocenters. The first-order valence-electron chi connectivity index (χ1n) is 8.60. The Labute approximate surface area is 159 Å². The van der Waals surface area contributed by atoms with Crippen molar-refractivity contribution in [2.24, 2.45) is 0 Å². The summed E-state index contributed by atoms with van der Waals surface area (Å²) in [6.45, 7) is 0. The number of anilines is 2. The van der Waals surface area contributed by atoms with Crippen LogP contribution in [0.25, 0.3) is 0 Å². The minimum atomic E-state index is -4.57. The van der Waals surface area contributed by atoms with Crippen LogP contribution in [0.2, 0.25) is 5.02 Å². The molecule has 0 spiro atoms. The Morgan fingerprint density at radius 3 is 2.59 bits per heavy atom. The molecule has 0 saturated heterocycles. The van der Waals surface area contributed by atoms with Gasteiger partial charge in [0.05, 0.1) is 10.6 Å². The minimum Gasteiger partial charge on any atom is -0.348 e. The van der Waals surface area contributed by atoms with Crippen LogP contribution >= 0.6 is 11.6 Å². The molecule has 1 fully saturated rings. The lowest BCUT2D eigenvalue weighted by molar-refractivity contribution is -0.137. The van der Waals surface area contributed by atoms with E-state index in [2.05, 4.69) is 20.6 Å². The second-order valence-electron chi connectivity index (χ2n) is 6.39. The van der Waals surface area contributed by atoms with Crippen molar-refractivity contribution in [3.05, 3.63) is 46.7 Å². The molecule has 5 nitrogen and oxygen atoms in total. The average Bonchev–Trinajstić information content (AvgIpc) is 2.63. The van der Waals surface area contributed by atoms with Crippen molar-refractivity contribution in [1.29, 1.82) is 0 Å². The summed E-state index contributed by atoms with van der Waals surface area (Å²) in [6.07, 6.45) is 2.02. The summed E-state index contributed by atoms with van der Waals surface area (Å²) in [4.78, 5) is 20.4. The van der Waals surface area contributed by atoms with Crippen molar-refractivity contribution in [3.63, 3.8) is 0 Å². The second kappa shape index (κ2) is 8.12. The number of benzene rings is 1. The monoisotopic (exact) mass is 398 g/mol. The Bertz CT molecular complexity index is 822. The zero-order valence-electron chi connectivity index (χ0n) is 14.3. The summed E-state index contributed by atoms with van der Waals surface area (Å²) in [6, 6.07) is 5.00. The summed E-state index contributed by atoms with van der Waals surface area (Å²) in [5, 5.41) is 5.23. The third-order valence-corrected chi connectivity index (χ3v) is 4.69. The summed E-state index contributed by atoms with van der Waals surface area (Å²) >= 11 is 5.61. The van der Waals surface area contributed by atoms with Gasteiger partial charge >= 0.3 is 6.18 Å². The Morgan fingerprint density at radius 2 is 1.89 bits per heavy atom. The molecule has 1 aromatic heterocycles. The lowest BCUT2D eigenvalue weighted by Crippen LogP contribution is -2.36. The van der Waals surface area contributed by atoms with E-state index >= 15 is 0 Å². The van der Waals surface area contributed by atoms with Gasteiger partial charge in [0.1, 0.15) is 5.69 Å². The van der Waals surface area contributed by atoms with Crippen molar-refractivity contribution in [2.45, 2.75) is 44.3 Å². The molecule has 1 aliphatic rings. The number of halogens is 4. The van der Waals surface area contributed by atoms with Gasteiger partial charge in [-0.25, -0.2) is 9.97 Å². The molecule has 144 valence electrons. The van der Waals surface area contributed by atoms with E-state index < -0.39 is 16.8 Å². The number of rotatable bonds is 4. The molecule has 0 bridgehead atoms. The van der Waals surface area contributed by atoms with Crippen LogP contribution < -0.4 is 10.6 Å². The molecule has 2 N–H and O–H groups in total. The number of nitrogens with one attached hydrogen (secondary N) is 2. The number of hydrogen-bond donors (Lipinski definition) is 2. The van der Waals surface area contributed by atoms with Crippen molar-refractivity contribution in [3.8, 4) is 0 Å². The minimum absolute atomic E-state index is 0.0294. The first-order valence-corrected chi connectivity index (χ1v) is 8.98. The molecule has 27 heavy (non-hydrogen) atoms. The topological polar surface area (TPSA) is 66.9 Å². The predicted octanol–water partition coefficient (Wildman–Crippen LogP) is 4.95. The van der Waals surface area contributed by atoms with E-state index in [-0.39, 0.29) is 29.3 Å². The molecular formula is C18H18ClF3N4O. The van der Waals surface area contributed by atoms with Crippen molar-refractivity contribution in [1.82, 2.24) is 15.3 Å². The smallest absolute Gasteiger partial charge is 0.348 e. The molecular weight excluding hydrogens is 381 g/mol. The normalized spacial score (nSPS) is 15.4. The second-order valence-corrected chi connectivity index (χ2v) is 6.80. The molecule has 0 radical (unpaired) electrons. The summed E-state index contributed by atoms with van der Waals surface area (Å²) in [5.41, 5.74) is -0.681. The number of alkyl halides is 3. The van der Waals surface area contributed by atoms with Crippen molar-refractivity contribution >= 4 is 29.1 Å². The van der Waals surface area contributed by atoms with Crippen LogP contribution in [-0.2, 0) is 6.18 Å². The third kappa shape index (κ3) is 5.09. The summed E-state index contributed by atoms with van der Waals surface area (Å²) in [7, 11) is 0. The van der Waals surface area contributed by atoms with Gasteiger partial charge in [0.2, 0.25) is 5.95 Å². The molecule has 1 amide bonds. The molecule has 0 aliphatic heterocycles. The average molecular weight is 399 g/mol. The van der Waals surface area contributed by atoms with Crippen molar-refractivity contribution < 1.29 is 18.0 Å². The molecule has 0 atom stereocenters. The van der Waals surface area contributed by atoms with E-state index in [0.29, 0.717) is 0 Å². The maximum absolute atomic E-state index is 13.0. The number of carbonyl (C=O) groups excluding carboxylic acids is 1. The number of nitrogens with zero attached hydrogens (tertiary/aromatic N) is 2. The van der Waals surface area contributed by atoms with Gasteiger partial charge < -0.3 is 10.6 Å². The third-order valence-electron chi connectivity index (χ3n) is 4.36. The largest absolute Gasteiger partial charge is 0.417 e. The van der Waals surface area contributed by atoms with E-state index in [0.717, 1.165) is 37.8 Å². The highest BCUT2D eigenvalue weighted by Gasteiger charge is 2.33. The zero-order valence-corrected chi connectivity index (χ0v) is 15.1. The number of carbonyl (C=O) groups is 1. The van der Waals surface area contributed by atoms with Crippen molar-refractivity contribution in [2.75, 3.05) is 5.32 Å². The molecule has 2 aromatic rings. The van der Waals surface area contributed by atoms with E-state index in [9.17, 15) is 18.0 Å². The maximum atomic E-state index is 13.0. The Morgan fingerprint density at radius 1 is 1.15 bits per heavy atom. The fraction of sp³-hybridized carbons (Fsp3) is 0.389. The fourth-order valence-electron chi connectivity index (χ4n) is 3.00. The molecule has 1 heterocycles. The fourth-order valence-corrected chi connectivity index (χ4v) is 3.23. The zero-order chi connectivity index (χ0) is 19.4. The Balaban J connectivity index is 1.73. The molecule has 3 rings (SSSR count). The van der Waals surface area contributed by atoms with Crippen LogP contribution in [0.3, 0.4) is 0 Å². The molecule has 1 saturated carbocycles. The summed E-state index contributed by atoms with van der Waals surface area (Å²) < 4.78 is 38.9. The molecule has 1 aliphatic carbocycles. The van der Waals surface area contributed by atoms with Gasteiger partial charge in [-0.1, -0.05) is 30.9 Å². The van der Waals surface area contributed by atoms with Gasteiger partial charge in [-0.2, -0.15) is 13.2 Å². The van der Waals surface area contributed by atoms with Crippen LogP contribution in [-0.4, -0.2) is 21.9 Å². The van der Waals surface area contributed by atoms with Crippen LogP contribution in [0, 0.1) is 0 Å². The lowest BCUT2D eigenvalue weighted by atomic mass is 9.95. The van der Waals surface area contributed by atoms with Gasteiger partial charge in [0, 0.05) is 17.9 Å². The van der Waals surface area contributed by atoms with E-state index in [1.165, 1.54) is 24.8 Å². The molecule has 1 aromatic carbocycles. The highest BCUT2D eigenvalue weighted by atomic mass is 35.5. The quantitative estimate of drug-likeness (QED) is 0.764. The van der Waals surface area contributed by atoms with E-state index in [1.54, 1.807) is 0 Å². The Kier molecular flexibility index (Phi) is 5.84. The highest BCUT2D eigenvalue weighted by molar-refractivity contribution is 6.31.